The van der Waals surface area contributed by atoms with E-state index in [9.17, 15) is 4.79 Å². The lowest BCUT2D eigenvalue weighted by Crippen LogP contribution is -2.14. The molecule has 0 saturated carbocycles. The molecule has 1 rings (SSSR count). The summed E-state index contributed by atoms with van der Waals surface area (Å²) in [6.45, 7) is 2.48. The number of H-pyrrole nitrogens is 1. The Morgan fingerprint density at radius 3 is 3.17 bits per heavy atom. The van der Waals surface area contributed by atoms with Gasteiger partial charge in [-0.3, -0.25) is 4.79 Å². The van der Waals surface area contributed by atoms with Crippen LogP contribution in [-0.2, 0) is 0 Å². The van der Waals surface area contributed by atoms with Crippen molar-refractivity contribution in [2.75, 3.05) is 12.3 Å². The smallest absolute Gasteiger partial charge is 0.277 e. The van der Waals surface area contributed by atoms with Gasteiger partial charge in [-0.25, -0.2) is 4.98 Å². The summed E-state index contributed by atoms with van der Waals surface area (Å²) in [5, 5.41) is 0. The van der Waals surface area contributed by atoms with Crippen molar-refractivity contribution in [1.82, 2.24) is 9.97 Å². The van der Waals surface area contributed by atoms with Gasteiger partial charge < -0.3 is 15.5 Å². The zero-order chi connectivity index (χ0) is 8.97. The van der Waals surface area contributed by atoms with Gasteiger partial charge >= 0.3 is 0 Å². The molecule has 12 heavy (non-hydrogen) atoms. The molecule has 0 amide bonds. The van der Waals surface area contributed by atoms with Crippen LogP contribution in [0.1, 0.15) is 13.3 Å². The quantitative estimate of drug-likeness (QED) is 0.674. The Bertz CT molecular complexity index is 308. The molecular formula is C7H11N3O2. The summed E-state index contributed by atoms with van der Waals surface area (Å²) in [7, 11) is 0. The highest BCUT2D eigenvalue weighted by molar-refractivity contribution is 5.44. The van der Waals surface area contributed by atoms with Crippen molar-refractivity contribution >= 4 is 5.69 Å². The Morgan fingerprint density at radius 1 is 1.75 bits per heavy atom. The van der Waals surface area contributed by atoms with Crippen molar-refractivity contribution in [2.24, 2.45) is 0 Å². The maximum Gasteiger partial charge on any atom is 0.277 e. The number of anilines is 1. The van der Waals surface area contributed by atoms with Crippen LogP contribution in [0.3, 0.4) is 0 Å². The minimum Gasteiger partial charge on any atom is -0.476 e. The van der Waals surface area contributed by atoms with Crippen LogP contribution in [0, 0.1) is 0 Å². The van der Waals surface area contributed by atoms with Crippen molar-refractivity contribution in [3.05, 3.63) is 16.7 Å². The van der Waals surface area contributed by atoms with E-state index in [1.807, 2.05) is 6.92 Å². The predicted octanol–water partition coefficient (Wildman–Crippen LogP) is 0.141. The third-order valence-electron chi connectivity index (χ3n) is 1.30. The maximum absolute atomic E-state index is 10.9. The topological polar surface area (TPSA) is 81.0 Å². The van der Waals surface area contributed by atoms with Crippen LogP contribution in [0.2, 0.25) is 0 Å². The van der Waals surface area contributed by atoms with Crippen LogP contribution in [0.25, 0.3) is 0 Å². The highest BCUT2D eigenvalue weighted by Crippen LogP contribution is 2.10. The number of nitrogens with two attached hydrogens (primary N) is 1. The highest BCUT2D eigenvalue weighted by atomic mass is 16.5. The first kappa shape index (κ1) is 8.58. The summed E-state index contributed by atoms with van der Waals surface area (Å²) in [5.41, 5.74) is 5.06. The first-order valence-corrected chi connectivity index (χ1v) is 3.71. The van der Waals surface area contributed by atoms with Gasteiger partial charge in [0.25, 0.3) is 5.56 Å². The van der Waals surface area contributed by atoms with Gasteiger partial charge in [0.15, 0.2) is 5.69 Å². The second-order valence-electron chi connectivity index (χ2n) is 2.30. The lowest BCUT2D eigenvalue weighted by molar-refractivity contribution is 0.306. The van der Waals surface area contributed by atoms with Crippen LogP contribution >= 0.6 is 0 Å². The van der Waals surface area contributed by atoms with E-state index in [4.69, 9.17) is 10.5 Å². The van der Waals surface area contributed by atoms with Gasteiger partial charge in [-0.15, -0.1) is 0 Å². The zero-order valence-electron chi connectivity index (χ0n) is 6.83. The Balaban J connectivity index is 2.85. The molecule has 0 fully saturated rings. The Labute approximate surface area is 69.6 Å². The predicted molar refractivity (Wildman–Crippen MR) is 45.1 cm³/mol. The summed E-state index contributed by atoms with van der Waals surface area (Å²) in [6.07, 6.45) is 2.12. The molecule has 0 aliphatic rings. The molecule has 1 aromatic heterocycles. The third-order valence-corrected chi connectivity index (χ3v) is 1.30. The monoisotopic (exact) mass is 169 g/mol. The summed E-state index contributed by atoms with van der Waals surface area (Å²) < 4.78 is 5.11. The van der Waals surface area contributed by atoms with Crippen LogP contribution in [0.5, 0.6) is 5.88 Å². The minimum atomic E-state index is -0.365. The number of nitrogens with one attached hydrogen (secondary N) is 1. The highest BCUT2D eigenvalue weighted by Gasteiger charge is 2.03. The summed E-state index contributed by atoms with van der Waals surface area (Å²) >= 11 is 0. The molecule has 5 heteroatoms. The number of ether oxygens (including phenoxy) is 1. The molecule has 1 heterocycles. The molecule has 0 radical (unpaired) electrons. The van der Waals surface area contributed by atoms with Gasteiger partial charge in [0.2, 0.25) is 5.88 Å². The zero-order valence-corrected chi connectivity index (χ0v) is 6.83. The number of hydrogen-bond donors (Lipinski definition) is 2. The van der Waals surface area contributed by atoms with E-state index in [2.05, 4.69) is 9.97 Å². The van der Waals surface area contributed by atoms with Crippen molar-refractivity contribution in [3.8, 4) is 5.88 Å². The average Bonchev–Trinajstić information content (AvgIpc) is 2.08. The lowest BCUT2D eigenvalue weighted by atomic mass is 10.5. The first-order valence-electron chi connectivity index (χ1n) is 3.71. The second kappa shape index (κ2) is 3.75. The van der Waals surface area contributed by atoms with E-state index in [1.54, 1.807) is 0 Å². The average molecular weight is 169 g/mol. The van der Waals surface area contributed by atoms with E-state index in [0.717, 1.165) is 6.42 Å². The molecule has 0 bridgehead atoms. The van der Waals surface area contributed by atoms with E-state index in [0.29, 0.717) is 6.61 Å². The molecule has 0 atom stereocenters. The number of rotatable bonds is 3. The minimum absolute atomic E-state index is 0.0333. The van der Waals surface area contributed by atoms with Crippen molar-refractivity contribution in [1.29, 1.82) is 0 Å². The number of aromatic amines is 1. The fourth-order valence-electron chi connectivity index (χ4n) is 0.708. The first-order chi connectivity index (χ1) is 5.75. The van der Waals surface area contributed by atoms with Crippen LogP contribution in [-0.4, -0.2) is 16.6 Å². The Hall–Kier alpha value is -1.52. The van der Waals surface area contributed by atoms with Gasteiger partial charge in [0.05, 0.1) is 12.9 Å². The molecule has 5 nitrogen and oxygen atoms in total. The molecular weight excluding hydrogens is 158 g/mol. The maximum atomic E-state index is 10.9. The van der Waals surface area contributed by atoms with Crippen LogP contribution in [0.4, 0.5) is 5.69 Å². The Morgan fingerprint density at radius 2 is 2.50 bits per heavy atom. The number of nitrogens with zero attached hydrogens (tertiary/aromatic N) is 1. The van der Waals surface area contributed by atoms with Crippen molar-refractivity contribution < 1.29 is 4.74 Å². The molecule has 3 N–H and O–H groups in total. The molecule has 0 aromatic carbocycles. The van der Waals surface area contributed by atoms with E-state index in [-0.39, 0.29) is 17.1 Å². The van der Waals surface area contributed by atoms with Gasteiger partial charge in [0.1, 0.15) is 0 Å². The summed E-state index contributed by atoms with van der Waals surface area (Å²) in [6, 6.07) is 0. The molecule has 0 aliphatic heterocycles. The standard InChI is InChI=1S/C7H11N3O2/c1-2-3-12-7-5(8)6(11)9-4-10-7/h4H,2-3,8H2,1H3,(H,9,10,11). The van der Waals surface area contributed by atoms with Crippen LogP contribution in [0.15, 0.2) is 11.1 Å². The largest absolute Gasteiger partial charge is 0.476 e. The number of aromatic nitrogens is 2. The SMILES string of the molecule is CCCOc1nc[nH]c(=O)c1N. The molecule has 0 spiro atoms. The fraction of sp³-hybridized carbons (Fsp3) is 0.429. The summed E-state index contributed by atoms with van der Waals surface area (Å²) in [4.78, 5) is 17.0. The second-order valence-corrected chi connectivity index (χ2v) is 2.30. The van der Waals surface area contributed by atoms with Gasteiger partial charge in [-0.1, -0.05) is 6.92 Å². The molecule has 1 aromatic rings. The number of nitrogen functional groups attached to an aromatic ring is 1. The molecule has 0 aliphatic carbocycles. The van der Waals surface area contributed by atoms with Gasteiger partial charge in [-0.05, 0) is 6.42 Å². The van der Waals surface area contributed by atoms with Crippen molar-refractivity contribution in [2.45, 2.75) is 13.3 Å². The number of hydrogen-bond acceptors (Lipinski definition) is 4. The Kier molecular flexibility index (Phi) is 2.68. The molecule has 66 valence electrons. The van der Waals surface area contributed by atoms with E-state index >= 15 is 0 Å². The normalized spacial score (nSPS) is 9.75. The van der Waals surface area contributed by atoms with E-state index in [1.165, 1.54) is 6.33 Å². The summed E-state index contributed by atoms with van der Waals surface area (Å²) in [5.74, 6) is 0.209. The van der Waals surface area contributed by atoms with Crippen LogP contribution < -0.4 is 16.0 Å². The lowest BCUT2D eigenvalue weighted by Gasteiger charge is -2.03. The van der Waals surface area contributed by atoms with Crippen molar-refractivity contribution in [3.63, 3.8) is 0 Å². The third kappa shape index (κ3) is 1.75. The van der Waals surface area contributed by atoms with E-state index < -0.39 is 0 Å². The van der Waals surface area contributed by atoms with Gasteiger partial charge in [0, 0.05) is 0 Å². The molecule has 0 unspecified atom stereocenters. The van der Waals surface area contributed by atoms with Gasteiger partial charge in [-0.2, -0.15) is 0 Å². The fourth-order valence-corrected chi connectivity index (χ4v) is 0.708. The molecule has 0 saturated heterocycles.